The van der Waals surface area contributed by atoms with Crippen molar-refractivity contribution in [2.75, 3.05) is 12.3 Å². The van der Waals surface area contributed by atoms with Crippen LogP contribution < -0.4 is 5.32 Å². The standard InChI is InChI=1S/C14H19ClN2O4S/c1-14(2,3)21-13(18)16-8-10(15)9-22-12-6-4-11(5-7-12)17(19)20/h4-7,10H,8-9H2,1-3H3,(H,16,18). The average molecular weight is 347 g/mol. The maximum absolute atomic E-state index is 11.5. The zero-order valence-corrected chi connectivity index (χ0v) is 14.2. The third kappa shape index (κ3) is 7.51. The van der Waals surface area contributed by atoms with Crippen molar-refractivity contribution in [3.05, 3.63) is 34.4 Å². The Labute approximate surface area is 138 Å². The minimum Gasteiger partial charge on any atom is -0.444 e. The number of nitro groups is 1. The van der Waals surface area contributed by atoms with Crippen molar-refractivity contribution < 1.29 is 14.5 Å². The summed E-state index contributed by atoms with van der Waals surface area (Å²) in [6, 6.07) is 6.25. The molecule has 0 aliphatic rings. The Morgan fingerprint density at radius 2 is 2.00 bits per heavy atom. The number of amides is 1. The van der Waals surface area contributed by atoms with Gasteiger partial charge in [0.15, 0.2) is 0 Å². The summed E-state index contributed by atoms with van der Waals surface area (Å²) in [6.07, 6.45) is -0.501. The van der Waals surface area contributed by atoms with Gasteiger partial charge in [-0.05, 0) is 32.9 Å². The molecule has 0 aliphatic heterocycles. The second-order valence-corrected chi connectivity index (χ2v) is 7.25. The Morgan fingerprint density at radius 1 is 1.41 bits per heavy atom. The van der Waals surface area contributed by atoms with Crippen molar-refractivity contribution in [3.8, 4) is 0 Å². The van der Waals surface area contributed by atoms with Crippen LogP contribution in [-0.4, -0.2) is 34.3 Å². The zero-order chi connectivity index (χ0) is 16.8. The van der Waals surface area contributed by atoms with Gasteiger partial charge >= 0.3 is 6.09 Å². The third-order valence-electron chi connectivity index (χ3n) is 2.35. The molecule has 122 valence electrons. The van der Waals surface area contributed by atoms with Crippen LogP contribution in [0.5, 0.6) is 0 Å². The van der Waals surface area contributed by atoms with Gasteiger partial charge < -0.3 is 10.1 Å². The van der Waals surface area contributed by atoms with Gasteiger partial charge in [-0.1, -0.05) is 0 Å². The fourth-order valence-corrected chi connectivity index (χ4v) is 2.50. The second-order valence-electron chi connectivity index (χ2n) is 5.54. The summed E-state index contributed by atoms with van der Waals surface area (Å²) in [6.45, 7) is 5.65. The van der Waals surface area contributed by atoms with E-state index in [1.54, 1.807) is 32.9 Å². The van der Waals surface area contributed by atoms with E-state index >= 15 is 0 Å². The van der Waals surface area contributed by atoms with Crippen LogP contribution in [0.25, 0.3) is 0 Å². The van der Waals surface area contributed by atoms with Crippen LogP contribution in [-0.2, 0) is 4.74 Å². The highest BCUT2D eigenvalue weighted by Gasteiger charge is 2.17. The van der Waals surface area contributed by atoms with Crippen LogP contribution in [0, 0.1) is 10.1 Å². The minimum atomic E-state index is -0.542. The minimum absolute atomic E-state index is 0.0540. The lowest BCUT2D eigenvalue weighted by molar-refractivity contribution is -0.384. The van der Waals surface area contributed by atoms with Crippen LogP contribution >= 0.6 is 23.4 Å². The fraction of sp³-hybridized carbons (Fsp3) is 0.500. The van der Waals surface area contributed by atoms with Crippen molar-refractivity contribution in [3.63, 3.8) is 0 Å². The normalized spacial score (nSPS) is 12.5. The monoisotopic (exact) mass is 346 g/mol. The maximum atomic E-state index is 11.5. The number of halogens is 1. The number of ether oxygens (including phenoxy) is 1. The number of carbonyl (C=O) groups is 1. The van der Waals surface area contributed by atoms with E-state index in [0.717, 1.165) is 4.90 Å². The molecule has 0 bridgehead atoms. The van der Waals surface area contributed by atoms with Gasteiger partial charge in [-0.2, -0.15) is 0 Å². The van der Waals surface area contributed by atoms with Gasteiger partial charge in [0.05, 0.1) is 10.3 Å². The average Bonchev–Trinajstić information content (AvgIpc) is 2.41. The van der Waals surface area contributed by atoms with E-state index in [2.05, 4.69) is 5.32 Å². The lowest BCUT2D eigenvalue weighted by atomic mass is 10.2. The Hall–Kier alpha value is -1.47. The van der Waals surface area contributed by atoms with E-state index in [1.807, 2.05) is 0 Å². The van der Waals surface area contributed by atoms with E-state index in [1.165, 1.54) is 23.9 Å². The summed E-state index contributed by atoms with van der Waals surface area (Å²) < 4.78 is 5.11. The molecule has 0 aliphatic carbocycles. The fourth-order valence-electron chi connectivity index (χ4n) is 1.42. The highest BCUT2D eigenvalue weighted by Crippen LogP contribution is 2.23. The molecule has 6 nitrogen and oxygen atoms in total. The SMILES string of the molecule is CC(C)(C)OC(=O)NCC(Cl)CSc1ccc([N+](=O)[O-])cc1. The Morgan fingerprint density at radius 3 is 2.50 bits per heavy atom. The number of rotatable bonds is 6. The molecule has 1 N–H and O–H groups in total. The first kappa shape index (κ1) is 18.6. The lowest BCUT2D eigenvalue weighted by Gasteiger charge is -2.20. The summed E-state index contributed by atoms with van der Waals surface area (Å²) >= 11 is 7.60. The van der Waals surface area contributed by atoms with Gasteiger partial charge in [-0.3, -0.25) is 10.1 Å². The summed E-state index contributed by atoms with van der Waals surface area (Å²) in [4.78, 5) is 22.5. The molecule has 0 saturated carbocycles. The number of nitro benzene ring substituents is 1. The van der Waals surface area contributed by atoms with Gasteiger partial charge in [0.1, 0.15) is 5.60 Å². The molecule has 1 rings (SSSR count). The molecule has 0 saturated heterocycles. The molecule has 1 amide bonds. The van der Waals surface area contributed by atoms with Gasteiger partial charge in [0.25, 0.3) is 5.69 Å². The van der Waals surface area contributed by atoms with Crippen LogP contribution in [0.2, 0.25) is 0 Å². The number of hydrogen-bond acceptors (Lipinski definition) is 5. The summed E-state index contributed by atoms with van der Waals surface area (Å²) in [5.74, 6) is 0.565. The topological polar surface area (TPSA) is 81.5 Å². The smallest absolute Gasteiger partial charge is 0.407 e. The van der Waals surface area contributed by atoms with E-state index in [9.17, 15) is 14.9 Å². The number of carbonyl (C=O) groups excluding carboxylic acids is 1. The van der Waals surface area contributed by atoms with Crippen molar-refractivity contribution in [2.24, 2.45) is 0 Å². The van der Waals surface area contributed by atoms with Crippen molar-refractivity contribution in [1.82, 2.24) is 5.32 Å². The van der Waals surface area contributed by atoms with Crippen LogP contribution in [0.15, 0.2) is 29.2 Å². The van der Waals surface area contributed by atoms with E-state index in [4.69, 9.17) is 16.3 Å². The number of non-ortho nitro benzene ring substituents is 1. The van der Waals surface area contributed by atoms with Crippen molar-refractivity contribution in [2.45, 2.75) is 36.6 Å². The molecule has 22 heavy (non-hydrogen) atoms. The quantitative estimate of drug-likeness (QED) is 0.366. The molecule has 0 radical (unpaired) electrons. The molecule has 0 spiro atoms. The number of nitrogens with zero attached hydrogens (tertiary/aromatic N) is 1. The number of benzene rings is 1. The molecule has 1 aromatic carbocycles. The molecule has 0 aromatic heterocycles. The summed E-state index contributed by atoms with van der Waals surface area (Å²) in [5.41, 5.74) is -0.488. The maximum Gasteiger partial charge on any atom is 0.407 e. The zero-order valence-electron chi connectivity index (χ0n) is 12.7. The molecule has 1 unspecified atom stereocenters. The van der Waals surface area contributed by atoms with Gasteiger partial charge in [-0.15, -0.1) is 23.4 Å². The van der Waals surface area contributed by atoms with Crippen LogP contribution in [0.4, 0.5) is 10.5 Å². The number of thioether (sulfide) groups is 1. The van der Waals surface area contributed by atoms with Crippen molar-refractivity contribution in [1.29, 1.82) is 0 Å². The largest absolute Gasteiger partial charge is 0.444 e. The molecule has 0 fully saturated rings. The van der Waals surface area contributed by atoms with Crippen molar-refractivity contribution >= 4 is 35.1 Å². The van der Waals surface area contributed by atoms with Gasteiger partial charge in [0.2, 0.25) is 0 Å². The Bertz CT molecular complexity index is 517. The Balaban J connectivity index is 2.32. The summed E-state index contributed by atoms with van der Waals surface area (Å²) in [5, 5.41) is 12.9. The lowest BCUT2D eigenvalue weighted by Crippen LogP contribution is -2.36. The van der Waals surface area contributed by atoms with Gasteiger partial charge in [0, 0.05) is 29.3 Å². The predicted octanol–water partition coefficient (Wildman–Crippen LogP) is 3.82. The highest BCUT2D eigenvalue weighted by atomic mass is 35.5. The number of nitrogens with one attached hydrogen (secondary N) is 1. The molecule has 1 aromatic rings. The molecule has 0 heterocycles. The van der Waals surface area contributed by atoms with Crippen LogP contribution in [0.1, 0.15) is 20.8 Å². The van der Waals surface area contributed by atoms with E-state index in [-0.39, 0.29) is 17.6 Å². The first-order valence-corrected chi connectivity index (χ1v) is 8.08. The van der Waals surface area contributed by atoms with Crippen LogP contribution in [0.3, 0.4) is 0 Å². The van der Waals surface area contributed by atoms with E-state index < -0.39 is 16.6 Å². The predicted molar refractivity (Wildman–Crippen MR) is 87.7 cm³/mol. The number of hydrogen-bond donors (Lipinski definition) is 1. The highest BCUT2D eigenvalue weighted by molar-refractivity contribution is 7.99. The van der Waals surface area contributed by atoms with E-state index in [0.29, 0.717) is 5.75 Å². The number of alkyl carbamates (subject to hydrolysis) is 1. The first-order valence-electron chi connectivity index (χ1n) is 6.65. The first-order chi connectivity index (χ1) is 10.2. The molecular formula is C14H19ClN2O4S. The third-order valence-corrected chi connectivity index (χ3v) is 4.01. The summed E-state index contributed by atoms with van der Waals surface area (Å²) in [7, 11) is 0. The number of alkyl halides is 1. The Kier molecular flexibility index (Phi) is 6.96. The molecular weight excluding hydrogens is 328 g/mol. The second kappa shape index (κ2) is 8.24. The van der Waals surface area contributed by atoms with Gasteiger partial charge in [-0.25, -0.2) is 4.79 Å². The molecule has 1 atom stereocenters. The molecule has 8 heteroatoms.